The van der Waals surface area contributed by atoms with Crippen molar-refractivity contribution in [1.82, 2.24) is 34.4 Å². The Hall–Kier alpha value is -3.63. The maximum atomic E-state index is 14.8. The number of nitrogens with one attached hydrogen (secondary N) is 1. The van der Waals surface area contributed by atoms with E-state index < -0.39 is 23.8 Å². The van der Waals surface area contributed by atoms with Crippen LogP contribution in [0.3, 0.4) is 0 Å². The molecule has 6 rings (SSSR count). The van der Waals surface area contributed by atoms with E-state index in [1.807, 2.05) is 6.92 Å². The molecule has 4 aromatic rings. The van der Waals surface area contributed by atoms with Gasteiger partial charge in [-0.1, -0.05) is 0 Å². The number of nitrogens with zero attached hydrogens (tertiary/aromatic N) is 7. The summed E-state index contributed by atoms with van der Waals surface area (Å²) < 4.78 is 43.4. The number of β-amino-alcohol motifs (C(OH)–C–C–N with tert-alkyl or cyclic N) is 1. The number of amides is 1. The van der Waals surface area contributed by atoms with Gasteiger partial charge in [0, 0.05) is 49.6 Å². The maximum Gasteiger partial charge on any atom is 0.275 e. The molecule has 2 N–H and O–H groups in total. The first-order valence-electron chi connectivity index (χ1n) is 15.2. The second kappa shape index (κ2) is 14.2. The van der Waals surface area contributed by atoms with Gasteiger partial charge in [0.05, 0.1) is 49.9 Å². The highest BCUT2D eigenvalue weighted by atomic mass is 32.1. The van der Waals surface area contributed by atoms with Crippen LogP contribution in [0.5, 0.6) is 0 Å². The molecule has 1 saturated carbocycles. The van der Waals surface area contributed by atoms with Crippen LogP contribution in [0.15, 0.2) is 36.1 Å². The maximum absolute atomic E-state index is 14.8. The lowest BCUT2D eigenvalue weighted by Crippen LogP contribution is -2.42. The highest BCUT2D eigenvalue weighted by Gasteiger charge is 2.27. The second-order valence-electron chi connectivity index (χ2n) is 11.2. The molecule has 45 heavy (non-hydrogen) atoms. The van der Waals surface area contributed by atoms with Gasteiger partial charge in [-0.2, -0.15) is 14.6 Å². The largest absolute Gasteiger partial charge is 0.390 e. The third-order valence-corrected chi connectivity index (χ3v) is 8.92. The number of aliphatic hydroxyl groups excluding tert-OH is 1. The summed E-state index contributed by atoms with van der Waals surface area (Å²) in [4.78, 5) is 23.8. The zero-order chi connectivity index (χ0) is 31.3. The van der Waals surface area contributed by atoms with Crippen LogP contribution in [-0.2, 0) is 16.0 Å². The number of hydrogen-bond acceptors (Lipinski definition) is 10. The highest BCUT2D eigenvalue weighted by molar-refractivity contribution is 7.13. The second-order valence-corrected chi connectivity index (χ2v) is 12.1. The molecule has 1 atom stereocenters. The average molecular weight is 643 g/mol. The highest BCUT2D eigenvalue weighted by Crippen LogP contribution is 2.34. The summed E-state index contributed by atoms with van der Waals surface area (Å²) in [7, 11) is 0. The minimum atomic E-state index is -0.853. The number of carbonyl (C=O) groups excluding carboxylic acids is 1. The molecule has 1 saturated heterocycles. The molecule has 1 aliphatic carbocycles. The standard InChI is InChI=1S/C30H36F2N8O4S/c1-2-44-22-5-3-20(4-6-22)40-17-24(28(37-40)27-23(31)7-8-26(32)36-27)34-29(42)25-18-45-30(35-25)19-13-33-39(14-19)16-21(41)15-38-9-11-43-12-10-38/h7-8,13-14,17-18,20-22,41H,2-6,9-12,15-16H2,1H3,(H,34,42)/t20-,21?,22-. The minimum Gasteiger partial charge on any atom is -0.390 e. The number of morpholine rings is 1. The van der Waals surface area contributed by atoms with E-state index in [-0.39, 0.29) is 34.9 Å². The number of halogens is 2. The van der Waals surface area contributed by atoms with E-state index in [1.165, 1.54) is 11.3 Å². The molecule has 0 spiro atoms. The van der Waals surface area contributed by atoms with Crippen molar-refractivity contribution in [3.05, 3.63) is 53.6 Å². The Morgan fingerprint density at radius 1 is 1.13 bits per heavy atom. The average Bonchev–Trinajstić information content (AvgIpc) is 3.80. The van der Waals surface area contributed by atoms with Gasteiger partial charge < -0.3 is 19.9 Å². The van der Waals surface area contributed by atoms with E-state index in [0.29, 0.717) is 43.5 Å². The number of carbonyl (C=O) groups is 1. The van der Waals surface area contributed by atoms with Crippen LogP contribution >= 0.6 is 11.3 Å². The van der Waals surface area contributed by atoms with Crippen LogP contribution in [0, 0.1) is 11.8 Å². The third kappa shape index (κ3) is 7.61. The molecule has 240 valence electrons. The molecule has 2 fully saturated rings. The van der Waals surface area contributed by atoms with Gasteiger partial charge in [-0.05, 0) is 44.7 Å². The van der Waals surface area contributed by atoms with E-state index in [1.54, 1.807) is 33.3 Å². The number of aliphatic hydroxyl groups is 1. The van der Waals surface area contributed by atoms with Crippen molar-refractivity contribution in [3.8, 4) is 22.0 Å². The van der Waals surface area contributed by atoms with Gasteiger partial charge in [-0.25, -0.2) is 14.4 Å². The number of thiazole rings is 1. The van der Waals surface area contributed by atoms with Gasteiger partial charge in [-0.3, -0.25) is 19.1 Å². The fraction of sp³-hybridized carbons (Fsp3) is 0.500. The lowest BCUT2D eigenvalue weighted by molar-refractivity contribution is 0.0108. The topological polar surface area (TPSA) is 132 Å². The third-order valence-electron chi connectivity index (χ3n) is 8.02. The van der Waals surface area contributed by atoms with E-state index in [4.69, 9.17) is 9.47 Å². The zero-order valence-corrected chi connectivity index (χ0v) is 25.8. The van der Waals surface area contributed by atoms with Crippen LogP contribution < -0.4 is 5.32 Å². The van der Waals surface area contributed by atoms with Gasteiger partial charge in [0.25, 0.3) is 5.91 Å². The SMILES string of the molecule is CCO[C@H]1CC[C@H](n2cc(NC(=O)c3csc(-c4cnn(CC(O)CN5CCOCC5)c4)n3)c(-c3nc(F)ccc3F)n2)CC1. The summed E-state index contributed by atoms with van der Waals surface area (Å²) in [6.07, 6.45) is 7.96. The molecule has 15 heteroatoms. The number of hydrogen-bond donors (Lipinski definition) is 2. The molecular weight excluding hydrogens is 606 g/mol. The first-order valence-corrected chi connectivity index (χ1v) is 16.0. The Kier molecular flexibility index (Phi) is 9.90. The summed E-state index contributed by atoms with van der Waals surface area (Å²) in [5.41, 5.74) is 0.827. The predicted octanol–water partition coefficient (Wildman–Crippen LogP) is 4.01. The normalized spacial score (nSPS) is 19.9. The van der Waals surface area contributed by atoms with Gasteiger partial charge >= 0.3 is 0 Å². The number of aromatic nitrogens is 6. The van der Waals surface area contributed by atoms with Crippen molar-refractivity contribution < 1.29 is 28.2 Å². The first kappa shape index (κ1) is 31.4. The van der Waals surface area contributed by atoms with Gasteiger partial charge in [0.1, 0.15) is 22.1 Å². The Labute approximate surface area is 263 Å². The van der Waals surface area contributed by atoms with E-state index in [2.05, 4.69) is 30.4 Å². The van der Waals surface area contributed by atoms with Crippen LogP contribution in [0.4, 0.5) is 14.5 Å². The van der Waals surface area contributed by atoms with Gasteiger partial charge in [-0.15, -0.1) is 11.3 Å². The first-order chi connectivity index (χ1) is 21.9. The molecule has 1 amide bonds. The predicted molar refractivity (Wildman–Crippen MR) is 163 cm³/mol. The van der Waals surface area contributed by atoms with Crippen LogP contribution in [-0.4, -0.2) is 97.1 Å². The molecule has 12 nitrogen and oxygen atoms in total. The molecule has 5 heterocycles. The number of pyridine rings is 1. The molecule has 4 aromatic heterocycles. The van der Waals surface area contributed by atoms with E-state index in [0.717, 1.165) is 50.9 Å². The van der Waals surface area contributed by atoms with Crippen LogP contribution in [0.1, 0.15) is 49.1 Å². The van der Waals surface area contributed by atoms with E-state index >= 15 is 0 Å². The van der Waals surface area contributed by atoms with Crippen molar-refractivity contribution in [1.29, 1.82) is 0 Å². The van der Waals surface area contributed by atoms with Crippen LogP contribution in [0.2, 0.25) is 0 Å². The number of anilines is 1. The zero-order valence-electron chi connectivity index (χ0n) is 24.9. The molecular formula is C30H36F2N8O4S. The quantitative estimate of drug-likeness (QED) is 0.233. The van der Waals surface area contributed by atoms with Gasteiger partial charge in [0.15, 0.2) is 5.82 Å². The fourth-order valence-electron chi connectivity index (χ4n) is 5.77. The molecule has 0 aromatic carbocycles. The number of rotatable bonds is 11. The van der Waals surface area contributed by atoms with Crippen molar-refractivity contribution in [2.75, 3.05) is 44.8 Å². The smallest absolute Gasteiger partial charge is 0.275 e. The molecule has 1 aliphatic heterocycles. The summed E-state index contributed by atoms with van der Waals surface area (Å²) in [6, 6.07) is 1.94. The van der Waals surface area contributed by atoms with Crippen molar-refractivity contribution in [2.24, 2.45) is 0 Å². The Morgan fingerprint density at radius 2 is 1.93 bits per heavy atom. The molecule has 2 aliphatic rings. The fourth-order valence-corrected chi connectivity index (χ4v) is 6.54. The summed E-state index contributed by atoms with van der Waals surface area (Å²) in [5, 5.41) is 24.5. The van der Waals surface area contributed by atoms with Crippen molar-refractivity contribution in [3.63, 3.8) is 0 Å². The Balaban J connectivity index is 1.16. The summed E-state index contributed by atoms with van der Waals surface area (Å²) in [6.45, 7) is 6.38. The van der Waals surface area contributed by atoms with E-state index in [9.17, 15) is 18.7 Å². The number of ether oxygens (including phenoxy) is 2. The summed E-state index contributed by atoms with van der Waals surface area (Å²) in [5.74, 6) is -2.13. The van der Waals surface area contributed by atoms with Gasteiger partial charge in [0.2, 0.25) is 5.95 Å². The monoisotopic (exact) mass is 642 g/mol. The molecule has 0 radical (unpaired) electrons. The Morgan fingerprint density at radius 3 is 2.71 bits per heavy atom. The van der Waals surface area contributed by atoms with Crippen molar-refractivity contribution >= 4 is 22.9 Å². The lowest BCUT2D eigenvalue weighted by atomic mass is 9.93. The summed E-state index contributed by atoms with van der Waals surface area (Å²) >= 11 is 1.27. The molecule has 0 bridgehead atoms. The van der Waals surface area contributed by atoms with Crippen molar-refractivity contribution in [2.45, 2.75) is 57.4 Å². The lowest BCUT2D eigenvalue weighted by Gasteiger charge is -2.28. The van der Waals surface area contributed by atoms with Crippen LogP contribution in [0.25, 0.3) is 22.0 Å². The minimum absolute atomic E-state index is 0.0116. The molecule has 1 unspecified atom stereocenters. The Bertz CT molecular complexity index is 1600.